The largest absolute Gasteiger partial charge is 0.396 e. The van der Waals surface area contributed by atoms with Crippen LogP contribution in [0.1, 0.15) is 42.3 Å². The molecule has 1 aromatic carbocycles. The van der Waals surface area contributed by atoms with Crippen LogP contribution >= 0.6 is 11.6 Å². The van der Waals surface area contributed by atoms with E-state index < -0.39 is 0 Å². The average Bonchev–Trinajstić information content (AvgIpc) is 2.86. The van der Waals surface area contributed by atoms with Gasteiger partial charge in [-0.15, -0.1) is 0 Å². The summed E-state index contributed by atoms with van der Waals surface area (Å²) < 4.78 is 2.09. The van der Waals surface area contributed by atoms with Crippen LogP contribution in [0.5, 0.6) is 0 Å². The molecule has 25 heavy (non-hydrogen) atoms. The summed E-state index contributed by atoms with van der Waals surface area (Å²) in [4.78, 5) is 2.49. The average molecular weight is 362 g/mol. The fraction of sp³-hybridized carbons (Fsp3) is 0.550. The standard InChI is InChI=1S/C20H28ClN3O/c1-14-4-5-18(13-25)10-23(14)12-20-15(2)22-24(16(20)3)11-17-6-8-19(21)9-7-17/h6-9,14,18,25H,4-5,10-13H2,1-3H3/t14-,18+/m1/s1. The van der Waals surface area contributed by atoms with Crippen molar-refractivity contribution in [2.45, 2.75) is 52.7 Å². The van der Waals surface area contributed by atoms with E-state index in [0.29, 0.717) is 12.0 Å². The minimum Gasteiger partial charge on any atom is -0.396 e. The van der Waals surface area contributed by atoms with E-state index in [9.17, 15) is 5.11 Å². The first kappa shape index (κ1) is 18.4. The van der Waals surface area contributed by atoms with Crippen molar-refractivity contribution >= 4 is 11.6 Å². The fourth-order valence-corrected chi connectivity index (χ4v) is 3.84. The Morgan fingerprint density at radius 1 is 1.16 bits per heavy atom. The predicted octanol–water partition coefficient (Wildman–Crippen LogP) is 3.79. The van der Waals surface area contributed by atoms with Gasteiger partial charge in [0.25, 0.3) is 0 Å². The maximum atomic E-state index is 9.51. The van der Waals surface area contributed by atoms with Crippen LogP contribution in [-0.2, 0) is 13.1 Å². The Morgan fingerprint density at radius 3 is 2.56 bits per heavy atom. The molecule has 2 heterocycles. The second-order valence-corrected chi connectivity index (χ2v) is 7.77. The molecule has 1 aromatic heterocycles. The van der Waals surface area contributed by atoms with Crippen molar-refractivity contribution < 1.29 is 5.11 Å². The van der Waals surface area contributed by atoms with Crippen molar-refractivity contribution in [2.24, 2.45) is 5.92 Å². The van der Waals surface area contributed by atoms with Crippen molar-refractivity contribution in [3.05, 3.63) is 51.8 Å². The van der Waals surface area contributed by atoms with Gasteiger partial charge in [-0.25, -0.2) is 0 Å². The molecule has 1 saturated heterocycles. The van der Waals surface area contributed by atoms with Gasteiger partial charge in [-0.3, -0.25) is 9.58 Å². The summed E-state index contributed by atoms with van der Waals surface area (Å²) in [5.41, 5.74) is 4.85. The van der Waals surface area contributed by atoms with E-state index >= 15 is 0 Å². The Labute approximate surface area is 155 Å². The Bertz CT molecular complexity index is 710. The van der Waals surface area contributed by atoms with Crippen LogP contribution in [0, 0.1) is 19.8 Å². The molecule has 3 rings (SSSR count). The van der Waals surface area contributed by atoms with Crippen molar-refractivity contribution in [1.82, 2.24) is 14.7 Å². The molecule has 0 radical (unpaired) electrons. The lowest BCUT2D eigenvalue weighted by molar-refractivity contribution is 0.0768. The van der Waals surface area contributed by atoms with Gasteiger partial charge >= 0.3 is 0 Å². The van der Waals surface area contributed by atoms with E-state index in [-0.39, 0.29) is 6.61 Å². The molecule has 4 nitrogen and oxygen atoms in total. The van der Waals surface area contributed by atoms with Crippen LogP contribution in [-0.4, -0.2) is 39.0 Å². The van der Waals surface area contributed by atoms with Gasteiger partial charge in [0.15, 0.2) is 0 Å². The zero-order valence-electron chi connectivity index (χ0n) is 15.4. The first-order valence-electron chi connectivity index (χ1n) is 9.10. The first-order valence-corrected chi connectivity index (χ1v) is 9.48. The van der Waals surface area contributed by atoms with E-state index in [1.807, 2.05) is 12.1 Å². The molecule has 0 amide bonds. The third-order valence-electron chi connectivity index (χ3n) is 5.51. The molecule has 5 heteroatoms. The zero-order chi connectivity index (χ0) is 18.0. The van der Waals surface area contributed by atoms with Crippen LogP contribution in [0.3, 0.4) is 0 Å². The molecule has 0 aliphatic carbocycles. The van der Waals surface area contributed by atoms with Gasteiger partial charge in [0.1, 0.15) is 0 Å². The molecule has 136 valence electrons. The van der Waals surface area contributed by atoms with Gasteiger partial charge in [0, 0.05) is 42.0 Å². The summed E-state index contributed by atoms with van der Waals surface area (Å²) in [6.45, 7) is 9.48. The number of aromatic nitrogens is 2. The van der Waals surface area contributed by atoms with E-state index in [2.05, 4.69) is 42.5 Å². The number of aliphatic hydroxyl groups excluding tert-OH is 1. The third kappa shape index (κ3) is 4.25. The Balaban J connectivity index is 1.76. The van der Waals surface area contributed by atoms with Gasteiger partial charge in [0.2, 0.25) is 0 Å². The minimum absolute atomic E-state index is 0.289. The summed E-state index contributed by atoms with van der Waals surface area (Å²) in [6.07, 6.45) is 2.28. The van der Waals surface area contributed by atoms with E-state index in [1.165, 1.54) is 16.8 Å². The molecule has 2 atom stereocenters. The quantitative estimate of drug-likeness (QED) is 0.880. The van der Waals surface area contributed by atoms with Crippen LogP contribution in [0.4, 0.5) is 0 Å². The number of likely N-dealkylation sites (tertiary alicyclic amines) is 1. The Hall–Kier alpha value is -1.36. The molecule has 0 unspecified atom stereocenters. The van der Waals surface area contributed by atoms with E-state index in [0.717, 1.165) is 43.2 Å². The van der Waals surface area contributed by atoms with Crippen LogP contribution < -0.4 is 0 Å². The highest BCUT2D eigenvalue weighted by Crippen LogP contribution is 2.25. The minimum atomic E-state index is 0.289. The number of benzene rings is 1. The van der Waals surface area contributed by atoms with Crippen LogP contribution in [0.25, 0.3) is 0 Å². The van der Waals surface area contributed by atoms with Crippen molar-refractivity contribution in [2.75, 3.05) is 13.2 Å². The molecule has 0 spiro atoms. The van der Waals surface area contributed by atoms with E-state index in [4.69, 9.17) is 16.7 Å². The SMILES string of the molecule is Cc1nn(Cc2ccc(Cl)cc2)c(C)c1CN1C[C@@H](CO)CC[C@H]1C. The van der Waals surface area contributed by atoms with Gasteiger partial charge in [-0.05, 0) is 57.2 Å². The highest BCUT2D eigenvalue weighted by molar-refractivity contribution is 6.30. The summed E-state index contributed by atoms with van der Waals surface area (Å²) in [5.74, 6) is 0.404. The summed E-state index contributed by atoms with van der Waals surface area (Å²) in [7, 11) is 0. The molecule has 2 aromatic rings. The lowest BCUT2D eigenvalue weighted by Crippen LogP contribution is -2.42. The monoisotopic (exact) mass is 361 g/mol. The second kappa shape index (κ2) is 7.90. The molecule has 0 bridgehead atoms. The summed E-state index contributed by atoms with van der Waals surface area (Å²) >= 11 is 5.98. The third-order valence-corrected chi connectivity index (χ3v) is 5.76. The summed E-state index contributed by atoms with van der Waals surface area (Å²) in [5, 5.41) is 15.0. The fourth-order valence-electron chi connectivity index (χ4n) is 3.71. The van der Waals surface area contributed by atoms with Gasteiger partial charge in [0.05, 0.1) is 12.2 Å². The molecule has 1 fully saturated rings. The first-order chi connectivity index (χ1) is 12.0. The Morgan fingerprint density at radius 2 is 1.88 bits per heavy atom. The number of aryl methyl sites for hydroxylation is 1. The van der Waals surface area contributed by atoms with Gasteiger partial charge in [-0.1, -0.05) is 23.7 Å². The number of rotatable bonds is 5. The lowest BCUT2D eigenvalue weighted by Gasteiger charge is -2.37. The lowest BCUT2D eigenvalue weighted by atomic mass is 9.93. The Kier molecular flexibility index (Phi) is 5.82. The number of aliphatic hydroxyl groups is 1. The maximum Gasteiger partial charge on any atom is 0.0662 e. The number of halogens is 1. The van der Waals surface area contributed by atoms with Crippen molar-refractivity contribution in [1.29, 1.82) is 0 Å². The number of piperidine rings is 1. The van der Waals surface area contributed by atoms with Gasteiger partial charge in [-0.2, -0.15) is 5.10 Å². The highest BCUT2D eigenvalue weighted by atomic mass is 35.5. The number of hydrogen-bond acceptors (Lipinski definition) is 3. The van der Waals surface area contributed by atoms with Crippen molar-refractivity contribution in [3.8, 4) is 0 Å². The van der Waals surface area contributed by atoms with Crippen LogP contribution in [0.2, 0.25) is 5.02 Å². The molecular formula is C20H28ClN3O. The smallest absolute Gasteiger partial charge is 0.0662 e. The zero-order valence-corrected chi connectivity index (χ0v) is 16.1. The molecule has 0 saturated carbocycles. The number of nitrogens with zero attached hydrogens (tertiary/aromatic N) is 3. The van der Waals surface area contributed by atoms with Crippen LogP contribution in [0.15, 0.2) is 24.3 Å². The molecular weight excluding hydrogens is 334 g/mol. The maximum absolute atomic E-state index is 9.51. The molecule has 1 aliphatic heterocycles. The molecule has 1 aliphatic rings. The topological polar surface area (TPSA) is 41.3 Å². The normalized spacial score (nSPS) is 21.6. The highest BCUT2D eigenvalue weighted by Gasteiger charge is 2.26. The second-order valence-electron chi connectivity index (χ2n) is 7.34. The van der Waals surface area contributed by atoms with E-state index in [1.54, 1.807) is 0 Å². The predicted molar refractivity (Wildman–Crippen MR) is 102 cm³/mol. The van der Waals surface area contributed by atoms with Gasteiger partial charge < -0.3 is 5.11 Å². The summed E-state index contributed by atoms with van der Waals surface area (Å²) in [6, 6.07) is 8.51. The number of hydrogen-bond donors (Lipinski definition) is 1. The van der Waals surface area contributed by atoms with Crippen molar-refractivity contribution in [3.63, 3.8) is 0 Å². The molecule has 1 N–H and O–H groups in total.